The van der Waals surface area contributed by atoms with Crippen LogP contribution in [0.1, 0.15) is 5.56 Å². The summed E-state index contributed by atoms with van der Waals surface area (Å²) in [6.45, 7) is 3.14. The smallest absolute Gasteiger partial charge is 0.410 e. The zero-order valence-corrected chi connectivity index (χ0v) is 9.63. The highest BCUT2D eigenvalue weighted by Crippen LogP contribution is 2.28. The molecule has 90 valence electrons. The molecule has 0 aliphatic carbocycles. The van der Waals surface area contributed by atoms with Crippen molar-refractivity contribution < 1.29 is 9.53 Å². The van der Waals surface area contributed by atoms with E-state index in [1.165, 1.54) is 0 Å². The number of nitrogens with zero attached hydrogens (tertiary/aromatic N) is 1. The van der Waals surface area contributed by atoms with E-state index in [9.17, 15) is 4.79 Å². The average Bonchev–Trinajstić information content (AvgIpc) is 2.70. The molecule has 2 saturated heterocycles. The normalized spacial score (nSPS) is 26.2. The summed E-state index contributed by atoms with van der Waals surface area (Å²) in [5.41, 5.74) is 1.03. The van der Waals surface area contributed by atoms with E-state index in [0.717, 1.165) is 25.2 Å². The molecule has 1 aromatic carbocycles. The topological polar surface area (TPSA) is 41.6 Å². The Bertz CT molecular complexity index is 407. The van der Waals surface area contributed by atoms with Crippen LogP contribution < -0.4 is 5.32 Å². The Labute approximate surface area is 101 Å². The molecule has 2 heterocycles. The zero-order chi connectivity index (χ0) is 11.7. The molecular weight excluding hydrogens is 216 g/mol. The molecule has 2 aliphatic rings. The highest BCUT2D eigenvalue weighted by molar-refractivity contribution is 5.69. The minimum atomic E-state index is -0.182. The number of hydrogen-bond donors (Lipinski definition) is 1. The van der Waals surface area contributed by atoms with Crippen molar-refractivity contribution in [2.45, 2.75) is 12.6 Å². The molecule has 1 amide bonds. The minimum absolute atomic E-state index is 0.182. The van der Waals surface area contributed by atoms with Gasteiger partial charge < -0.3 is 15.0 Å². The molecule has 4 heteroatoms. The maximum Gasteiger partial charge on any atom is 0.410 e. The molecule has 0 spiro atoms. The van der Waals surface area contributed by atoms with Crippen LogP contribution in [-0.2, 0) is 11.3 Å². The first-order chi connectivity index (χ1) is 8.34. The fourth-order valence-corrected chi connectivity index (χ4v) is 2.53. The van der Waals surface area contributed by atoms with E-state index in [0.29, 0.717) is 18.6 Å². The number of benzene rings is 1. The third-order valence-corrected chi connectivity index (χ3v) is 3.58. The summed E-state index contributed by atoms with van der Waals surface area (Å²) in [5.74, 6) is 0.638. The Morgan fingerprint density at radius 2 is 2.18 bits per heavy atom. The molecule has 1 aromatic rings. The maximum absolute atomic E-state index is 11.8. The van der Waals surface area contributed by atoms with E-state index >= 15 is 0 Å². The Kier molecular flexibility index (Phi) is 2.73. The summed E-state index contributed by atoms with van der Waals surface area (Å²) < 4.78 is 5.30. The first-order valence-corrected chi connectivity index (χ1v) is 6.02. The van der Waals surface area contributed by atoms with Gasteiger partial charge in [-0.25, -0.2) is 4.79 Å². The van der Waals surface area contributed by atoms with Gasteiger partial charge in [0, 0.05) is 25.6 Å². The van der Waals surface area contributed by atoms with E-state index in [-0.39, 0.29) is 6.09 Å². The van der Waals surface area contributed by atoms with Crippen LogP contribution >= 0.6 is 0 Å². The zero-order valence-electron chi connectivity index (χ0n) is 9.63. The Morgan fingerprint density at radius 3 is 2.94 bits per heavy atom. The first-order valence-electron chi connectivity index (χ1n) is 6.02. The molecule has 0 aromatic heterocycles. The van der Waals surface area contributed by atoms with Gasteiger partial charge in [-0.3, -0.25) is 0 Å². The van der Waals surface area contributed by atoms with Crippen LogP contribution in [0.25, 0.3) is 0 Å². The van der Waals surface area contributed by atoms with Crippen LogP contribution in [-0.4, -0.2) is 36.7 Å². The van der Waals surface area contributed by atoms with Gasteiger partial charge in [-0.1, -0.05) is 30.3 Å². The van der Waals surface area contributed by atoms with Crippen LogP contribution in [0.15, 0.2) is 30.3 Å². The molecule has 0 radical (unpaired) electrons. The standard InChI is InChI=1S/C13H16N2O2/c16-13(15-8-11-6-14-7-12(11)15)17-9-10-4-2-1-3-5-10/h1-5,11-12,14H,6-9H2/t11-,12-/m1/s1. The molecule has 0 saturated carbocycles. The van der Waals surface area contributed by atoms with Crippen LogP contribution in [0, 0.1) is 5.92 Å². The lowest BCUT2D eigenvalue weighted by Gasteiger charge is -2.42. The highest BCUT2D eigenvalue weighted by Gasteiger charge is 2.45. The second kappa shape index (κ2) is 4.37. The van der Waals surface area contributed by atoms with Gasteiger partial charge in [-0.15, -0.1) is 0 Å². The second-order valence-corrected chi connectivity index (χ2v) is 4.68. The van der Waals surface area contributed by atoms with Crippen LogP contribution in [0.3, 0.4) is 0 Å². The molecule has 2 fully saturated rings. The summed E-state index contributed by atoms with van der Waals surface area (Å²) in [6, 6.07) is 10.1. The van der Waals surface area contributed by atoms with Gasteiger partial charge in [0.15, 0.2) is 0 Å². The van der Waals surface area contributed by atoms with Gasteiger partial charge in [0.05, 0.1) is 6.04 Å². The Balaban J connectivity index is 1.51. The molecule has 1 N–H and O–H groups in total. The fraction of sp³-hybridized carbons (Fsp3) is 0.462. The summed E-state index contributed by atoms with van der Waals surface area (Å²) in [6.07, 6.45) is -0.182. The summed E-state index contributed by atoms with van der Waals surface area (Å²) in [4.78, 5) is 13.6. The van der Waals surface area contributed by atoms with Gasteiger partial charge in [-0.2, -0.15) is 0 Å². The lowest BCUT2D eigenvalue weighted by atomic mass is 9.93. The van der Waals surface area contributed by atoms with Crippen molar-refractivity contribution in [3.8, 4) is 0 Å². The van der Waals surface area contributed by atoms with Crippen molar-refractivity contribution >= 4 is 6.09 Å². The summed E-state index contributed by atoms with van der Waals surface area (Å²) in [5, 5.41) is 3.29. The van der Waals surface area contributed by atoms with E-state index in [4.69, 9.17) is 4.74 Å². The van der Waals surface area contributed by atoms with Crippen molar-refractivity contribution in [3.05, 3.63) is 35.9 Å². The monoisotopic (exact) mass is 232 g/mol. The van der Waals surface area contributed by atoms with Crippen LogP contribution in [0.2, 0.25) is 0 Å². The fourth-order valence-electron chi connectivity index (χ4n) is 2.53. The number of amides is 1. The molecule has 0 bridgehead atoms. The largest absolute Gasteiger partial charge is 0.445 e. The molecular formula is C13H16N2O2. The maximum atomic E-state index is 11.8. The average molecular weight is 232 g/mol. The number of carbonyl (C=O) groups is 1. The lowest BCUT2D eigenvalue weighted by molar-refractivity contribution is 0.0248. The van der Waals surface area contributed by atoms with E-state index < -0.39 is 0 Å². The number of hydrogen-bond acceptors (Lipinski definition) is 3. The van der Waals surface area contributed by atoms with Gasteiger partial charge in [-0.05, 0) is 5.56 Å². The number of ether oxygens (including phenoxy) is 1. The van der Waals surface area contributed by atoms with Crippen molar-refractivity contribution in [1.29, 1.82) is 0 Å². The lowest BCUT2D eigenvalue weighted by Crippen LogP contribution is -2.58. The quantitative estimate of drug-likeness (QED) is 0.833. The van der Waals surface area contributed by atoms with Crippen LogP contribution in [0.4, 0.5) is 4.79 Å². The predicted octanol–water partition coefficient (Wildman–Crippen LogP) is 1.23. The Morgan fingerprint density at radius 1 is 1.35 bits per heavy atom. The molecule has 2 atom stereocenters. The molecule has 3 rings (SSSR count). The van der Waals surface area contributed by atoms with Crippen molar-refractivity contribution in [3.63, 3.8) is 0 Å². The van der Waals surface area contributed by atoms with Gasteiger partial charge in [0.25, 0.3) is 0 Å². The number of fused-ring (bicyclic) bond motifs is 1. The Hall–Kier alpha value is -1.55. The predicted molar refractivity (Wildman–Crippen MR) is 63.5 cm³/mol. The van der Waals surface area contributed by atoms with E-state index in [2.05, 4.69) is 5.32 Å². The number of carbonyl (C=O) groups excluding carboxylic acids is 1. The van der Waals surface area contributed by atoms with Gasteiger partial charge in [0.1, 0.15) is 6.61 Å². The number of likely N-dealkylation sites (tertiary alicyclic amines) is 1. The molecule has 4 nitrogen and oxygen atoms in total. The van der Waals surface area contributed by atoms with Gasteiger partial charge >= 0.3 is 6.09 Å². The summed E-state index contributed by atoms with van der Waals surface area (Å²) in [7, 11) is 0. The highest BCUT2D eigenvalue weighted by atomic mass is 16.6. The van der Waals surface area contributed by atoms with E-state index in [1.54, 1.807) is 0 Å². The van der Waals surface area contributed by atoms with Crippen molar-refractivity contribution in [2.75, 3.05) is 19.6 Å². The summed E-state index contributed by atoms with van der Waals surface area (Å²) >= 11 is 0. The SMILES string of the molecule is O=C(OCc1ccccc1)N1C[C@H]2CNC[C@H]21. The number of rotatable bonds is 2. The van der Waals surface area contributed by atoms with E-state index in [1.807, 2.05) is 35.2 Å². The van der Waals surface area contributed by atoms with Crippen molar-refractivity contribution in [2.24, 2.45) is 5.92 Å². The molecule has 0 unspecified atom stereocenters. The number of nitrogens with one attached hydrogen (secondary N) is 1. The molecule has 2 aliphatic heterocycles. The van der Waals surface area contributed by atoms with Crippen LogP contribution in [0.5, 0.6) is 0 Å². The second-order valence-electron chi connectivity index (χ2n) is 4.68. The molecule has 17 heavy (non-hydrogen) atoms. The third kappa shape index (κ3) is 2.00. The third-order valence-electron chi connectivity index (χ3n) is 3.58. The van der Waals surface area contributed by atoms with Crippen molar-refractivity contribution in [1.82, 2.24) is 10.2 Å². The first kappa shape index (κ1) is 10.6. The van der Waals surface area contributed by atoms with Gasteiger partial charge in [0.2, 0.25) is 0 Å². The minimum Gasteiger partial charge on any atom is -0.445 e.